The van der Waals surface area contributed by atoms with Gasteiger partial charge >= 0.3 is 0 Å². The van der Waals surface area contributed by atoms with Crippen LogP contribution in [0.3, 0.4) is 0 Å². The first kappa shape index (κ1) is 11.4. The number of hydrogen-bond acceptors (Lipinski definition) is 0. The summed E-state index contributed by atoms with van der Waals surface area (Å²) in [7, 11) is -0.979. The van der Waals surface area contributed by atoms with E-state index in [1.165, 1.54) is 23.7 Å². The van der Waals surface area contributed by atoms with E-state index in [9.17, 15) is 0 Å². The maximum Gasteiger partial charge on any atom is 0.0697 e. The van der Waals surface area contributed by atoms with Gasteiger partial charge in [0.15, 0.2) is 0 Å². The average Bonchev–Trinajstić information content (AvgIpc) is 1.79. The predicted molar refractivity (Wildman–Crippen MR) is 59.9 cm³/mol. The molecule has 0 saturated carbocycles. The van der Waals surface area contributed by atoms with Gasteiger partial charge in [-0.05, 0) is 17.3 Å². The van der Waals surface area contributed by atoms with Gasteiger partial charge in [-0.25, -0.2) is 0 Å². The molecule has 0 rings (SSSR count). The first-order chi connectivity index (χ1) is 4.95. The van der Waals surface area contributed by atoms with Crippen molar-refractivity contribution in [2.24, 2.45) is 0 Å². The summed E-state index contributed by atoms with van der Waals surface area (Å²) in [5, 5.41) is 0. The van der Waals surface area contributed by atoms with Crippen LogP contribution in [-0.2, 0) is 0 Å². The van der Waals surface area contributed by atoms with Gasteiger partial charge in [0.2, 0.25) is 0 Å². The molecule has 0 aliphatic heterocycles. The molecule has 0 saturated heterocycles. The number of hydrogen-bond donors (Lipinski definition) is 0. The second-order valence-corrected chi connectivity index (χ2v) is 10.1. The molecule has 0 aliphatic carbocycles. The molecule has 0 fully saturated rings. The molecule has 0 N–H and O–H groups in total. The third kappa shape index (κ3) is 8.34. The summed E-state index contributed by atoms with van der Waals surface area (Å²) in [6.45, 7) is 9.31. The fourth-order valence-corrected chi connectivity index (χ4v) is 4.31. The maximum atomic E-state index is 3.61. The first-order valence-electron chi connectivity index (χ1n) is 4.33. The lowest BCUT2D eigenvalue weighted by Crippen LogP contribution is -2.16. The van der Waals surface area contributed by atoms with Gasteiger partial charge in [-0.15, -0.1) is 0 Å². The molecule has 0 aromatic rings. The van der Waals surface area contributed by atoms with Crippen LogP contribution in [0.1, 0.15) is 26.2 Å². The monoisotopic (exact) mass is 234 g/mol. The Morgan fingerprint density at radius 1 is 1.36 bits per heavy atom. The average molecular weight is 235 g/mol. The molecule has 0 spiro atoms. The van der Waals surface area contributed by atoms with E-state index in [1.807, 2.05) is 0 Å². The Labute approximate surface area is 80.2 Å². The van der Waals surface area contributed by atoms with E-state index < -0.39 is 8.07 Å². The fraction of sp³-hybridized carbons (Fsp3) is 0.778. The molecule has 66 valence electrons. The van der Waals surface area contributed by atoms with E-state index in [1.54, 1.807) is 0 Å². The van der Waals surface area contributed by atoms with Crippen LogP contribution < -0.4 is 0 Å². The maximum absolute atomic E-state index is 3.61. The minimum atomic E-state index is -0.979. The third-order valence-electron chi connectivity index (χ3n) is 1.36. The van der Waals surface area contributed by atoms with Crippen LogP contribution in [0, 0.1) is 0 Å². The zero-order valence-corrected chi connectivity index (χ0v) is 10.7. The Hall–Kier alpha value is 0.437. The van der Waals surface area contributed by atoms with E-state index in [4.69, 9.17) is 0 Å². The fourth-order valence-electron chi connectivity index (χ4n) is 0.888. The summed E-state index contributed by atoms with van der Waals surface area (Å²) in [5.41, 5.74) is 2.43. The molecule has 0 atom stereocenters. The molecular weight excluding hydrogens is 216 g/mol. The minimum Gasteiger partial charge on any atom is -0.0851 e. The largest absolute Gasteiger partial charge is 0.0851 e. The van der Waals surface area contributed by atoms with Crippen molar-refractivity contribution < 1.29 is 0 Å². The summed E-state index contributed by atoms with van der Waals surface area (Å²) < 4.78 is 1.42. The molecule has 0 unspecified atom stereocenters. The molecule has 11 heavy (non-hydrogen) atoms. The standard InChI is InChI=1S/C9H19BrSi/c1-5-6-7-9(10)8-11(2,3)4/h8H,5-7H2,1-4H3/b9-8-. The van der Waals surface area contributed by atoms with Crippen LogP contribution in [0.5, 0.6) is 0 Å². The highest BCUT2D eigenvalue weighted by atomic mass is 79.9. The van der Waals surface area contributed by atoms with Crippen LogP contribution >= 0.6 is 15.9 Å². The number of rotatable bonds is 4. The van der Waals surface area contributed by atoms with Gasteiger partial charge in [0.25, 0.3) is 0 Å². The Morgan fingerprint density at radius 2 is 1.91 bits per heavy atom. The van der Waals surface area contributed by atoms with E-state index in [2.05, 4.69) is 48.2 Å². The molecular formula is C9H19BrSi. The van der Waals surface area contributed by atoms with Crippen molar-refractivity contribution in [2.45, 2.75) is 45.8 Å². The van der Waals surface area contributed by atoms with Gasteiger partial charge in [-0.3, -0.25) is 0 Å². The number of halogens is 1. The summed E-state index contributed by atoms with van der Waals surface area (Å²) in [4.78, 5) is 0. The zero-order valence-electron chi connectivity index (χ0n) is 8.08. The predicted octanol–water partition coefficient (Wildman–Crippen LogP) is 4.33. The van der Waals surface area contributed by atoms with Gasteiger partial charge in [-0.1, -0.05) is 54.6 Å². The molecule has 0 aliphatic rings. The topological polar surface area (TPSA) is 0 Å². The van der Waals surface area contributed by atoms with Crippen LogP contribution in [0.2, 0.25) is 19.6 Å². The molecule has 0 nitrogen and oxygen atoms in total. The van der Waals surface area contributed by atoms with Gasteiger partial charge in [-0.2, -0.15) is 0 Å². The molecule has 2 heteroatoms. The second-order valence-electron chi connectivity index (χ2n) is 4.06. The van der Waals surface area contributed by atoms with Crippen molar-refractivity contribution in [3.63, 3.8) is 0 Å². The normalized spacial score (nSPS) is 13.7. The van der Waals surface area contributed by atoms with Crippen molar-refractivity contribution in [3.05, 3.63) is 10.2 Å². The highest BCUT2D eigenvalue weighted by Gasteiger charge is 2.09. The third-order valence-corrected chi connectivity index (χ3v) is 3.62. The van der Waals surface area contributed by atoms with E-state index in [0.717, 1.165) is 0 Å². The molecule has 0 radical (unpaired) electrons. The Morgan fingerprint density at radius 3 is 2.27 bits per heavy atom. The van der Waals surface area contributed by atoms with E-state index in [-0.39, 0.29) is 0 Å². The van der Waals surface area contributed by atoms with Crippen molar-refractivity contribution in [2.75, 3.05) is 0 Å². The van der Waals surface area contributed by atoms with Crippen LogP contribution in [-0.4, -0.2) is 8.07 Å². The van der Waals surface area contributed by atoms with Crippen molar-refractivity contribution in [1.82, 2.24) is 0 Å². The Balaban J connectivity index is 3.81. The SMILES string of the molecule is CCCC/C(Br)=C/[Si](C)(C)C. The number of unbranched alkanes of at least 4 members (excludes halogenated alkanes) is 1. The zero-order chi connectivity index (χ0) is 8.91. The highest BCUT2D eigenvalue weighted by molar-refractivity contribution is 9.11. The summed E-state index contributed by atoms with van der Waals surface area (Å²) in [5.74, 6) is 0. The minimum absolute atomic E-state index is 0.979. The van der Waals surface area contributed by atoms with Gasteiger partial charge < -0.3 is 0 Å². The molecule has 0 heterocycles. The lowest BCUT2D eigenvalue weighted by atomic mass is 10.2. The van der Waals surface area contributed by atoms with Crippen LogP contribution in [0.4, 0.5) is 0 Å². The Kier molecular flexibility index (Phi) is 5.35. The lowest BCUT2D eigenvalue weighted by molar-refractivity contribution is 0.810. The highest BCUT2D eigenvalue weighted by Crippen LogP contribution is 2.18. The Bertz CT molecular complexity index is 133. The quantitative estimate of drug-likeness (QED) is 0.636. The van der Waals surface area contributed by atoms with Gasteiger partial charge in [0.05, 0.1) is 8.07 Å². The smallest absolute Gasteiger partial charge is 0.0697 e. The van der Waals surface area contributed by atoms with Crippen molar-refractivity contribution in [1.29, 1.82) is 0 Å². The van der Waals surface area contributed by atoms with Crippen LogP contribution in [0.15, 0.2) is 10.2 Å². The van der Waals surface area contributed by atoms with E-state index >= 15 is 0 Å². The summed E-state index contributed by atoms with van der Waals surface area (Å²) in [6, 6.07) is 0. The van der Waals surface area contributed by atoms with Crippen molar-refractivity contribution in [3.8, 4) is 0 Å². The molecule has 0 aromatic carbocycles. The van der Waals surface area contributed by atoms with E-state index in [0.29, 0.717) is 0 Å². The van der Waals surface area contributed by atoms with Crippen LogP contribution in [0.25, 0.3) is 0 Å². The second kappa shape index (κ2) is 5.15. The summed E-state index contributed by atoms with van der Waals surface area (Å²) >= 11 is 3.61. The number of allylic oxidation sites excluding steroid dienone is 1. The molecule has 0 bridgehead atoms. The summed E-state index contributed by atoms with van der Waals surface area (Å²) in [6.07, 6.45) is 3.82. The molecule has 0 amide bonds. The van der Waals surface area contributed by atoms with Crippen molar-refractivity contribution >= 4 is 24.0 Å². The first-order valence-corrected chi connectivity index (χ1v) is 8.70. The van der Waals surface area contributed by atoms with Gasteiger partial charge in [0, 0.05) is 0 Å². The molecule has 0 aromatic heterocycles. The van der Waals surface area contributed by atoms with Gasteiger partial charge in [0.1, 0.15) is 0 Å². The lowest BCUT2D eigenvalue weighted by Gasteiger charge is -2.10.